The van der Waals surface area contributed by atoms with Gasteiger partial charge in [0, 0.05) is 0 Å². The van der Waals surface area contributed by atoms with Crippen molar-refractivity contribution in [3.8, 4) is 0 Å². The van der Waals surface area contributed by atoms with Crippen LogP contribution in [0.25, 0.3) is 0 Å². The highest BCUT2D eigenvalue weighted by Gasteiger charge is 1.83. The maximum atomic E-state index is 4.42. The first-order valence-corrected chi connectivity index (χ1v) is 1.79. The Morgan fingerprint density at radius 3 is 3.00 bits per heavy atom. The summed E-state index contributed by atoms with van der Waals surface area (Å²) in [5.41, 5.74) is 0.667. The predicted molar refractivity (Wildman–Crippen MR) is 25.7 cm³/mol. The van der Waals surface area contributed by atoms with Crippen LogP contribution in [0.2, 0.25) is 0 Å². The summed E-state index contributed by atoms with van der Waals surface area (Å²) in [5, 5.41) is 3.38. The Kier molecular flexibility index (Phi) is 0.898. The number of aromatic nitrogens is 1. The largest absolute Gasteiger partial charge is 0.362 e. The van der Waals surface area contributed by atoms with Crippen LogP contribution in [-0.2, 0) is 0 Å². The van der Waals surface area contributed by atoms with E-state index in [0.717, 1.165) is 0 Å². The number of hydrogen-bond acceptors (Lipinski definition) is 3. The van der Waals surface area contributed by atoms with Gasteiger partial charge in [0.05, 0.1) is 6.20 Å². The average Bonchev–Trinajstić information content (AvgIpc) is 2.14. The molecule has 3 heteroatoms. The lowest BCUT2D eigenvalue weighted by molar-refractivity contribution is 0.420. The highest BCUT2D eigenvalue weighted by atomic mass is 16.5. The maximum Gasteiger partial charge on any atom is 0.149 e. The van der Waals surface area contributed by atoms with Crippen molar-refractivity contribution in [2.24, 2.45) is 4.99 Å². The van der Waals surface area contributed by atoms with Gasteiger partial charge >= 0.3 is 0 Å². The summed E-state index contributed by atoms with van der Waals surface area (Å²) in [5.74, 6) is 0. The van der Waals surface area contributed by atoms with Gasteiger partial charge in [0.1, 0.15) is 12.0 Å². The van der Waals surface area contributed by atoms with Gasteiger partial charge in [0.25, 0.3) is 0 Å². The first-order chi connectivity index (χ1) is 3.43. The molecule has 0 unspecified atom stereocenters. The molecule has 0 N–H and O–H groups in total. The molecule has 36 valence electrons. The lowest BCUT2D eigenvalue weighted by Gasteiger charge is -1.67. The number of aliphatic imine (C=N–C) groups is 1. The van der Waals surface area contributed by atoms with E-state index in [1.165, 1.54) is 12.5 Å². The molecule has 0 amide bonds. The quantitative estimate of drug-likeness (QED) is 0.489. The van der Waals surface area contributed by atoms with Crippen molar-refractivity contribution in [2.75, 3.05) is 0 Å². The summed E-state index contributed by atoms with van der Waals surface area (Å²) in [6.45, 7) is 3.25. The lowest BCUT2D eigenvalue weighted by atomic mass is 10.6. The van der Waals surface area contributed by atoms with Crippen LogP contribution >= 0.6 is 0 Å². The van der Waals surface area contributed by atoms with E-state index in [2.05, 4.69) is 21.4 Å². The Bertz CT molecular complexity index is 145. The van der Waals surface area contributed by atoms with Crippen LogP contribution in [0, 0.1) is 0 Å². The molecule has 0 aliphatic carbocycles. The van der Waals surface area contributed by atoms with Crippen molar-refractivity contribution in [3.63, 3.8) is 0 Å². The minimum Gasteiger partial charge on any atom is -0.362 e. The summed E-state index contributed by atoms with van der Waals surface area (Å²) in [7, 11) is 0. The zero-order valence-electron chi connectivity index (χ0n) is 3.66. The monoisotopic (exact) mass is 96.0 g/mol. The molecule has 1 aromatic rings. The molecule has 1 rings (SSSR count). The molecule has 0 bridgehead atoms. The van der Waals surface area contributed by atoms with Crippen LogP contribution < -0.4 is 0 Å². The van der Waals surface area contributed by atoms with E-state index in [4.69, 9.17) is 0 Å². The zero-order valence-corrected chi connectivity index (χ0v) is 3.66. The zero-order chi connectivity index (χ0) is 5.11. The van der Waals surface area contributed by atoms with Crippen LogP contribution in [0.5, 0.6) is 0 Å². The molecule has 3 nitrogen and oxygen atoms in total. The van der Waals surface area contributed by atoms with E-state index in [1.807, 2.05) is 0 Å². The number of rotatable bonds is 1. The highest BCUT2D eigenvalue weighted by Crippen LogP contribution is 2.05. The van der Waals surface area contributed by atoms with Crippen LogP contribution in [0.4, 0.5) is 5.69 Å². The average molecular weight is 96.1 g/mol. The van der Waals surface area contributed by atoms with Crippen LogP contribution in [0.3, 0.4) is 0 Å². The van der Waals surface area contributed by atoms with Gasteiger partial charge in [0.15, 0.2) is 0 Å². The van der Waals surface area contributed by atoms with Gasteiger partial charge in [-0.2, -0.15) is 0 Å². The second-order valence-electron chi connectivity index (χ2n) is 1.04. The van der Waals surface area contributed by atoms with Crippen LogP contribution in [0.15, 0.2) is 22.0 Å². The van der Waals surface area contributed by atoms with Gasteiger partial charge in [-0.3, -0.25) is 4.99 Å². The second-order valence-corrected chi connectivity index (χ2v) is 1.04. The van der Waals surface area contributed by atoms with E-state index in [1.54, 1.807) is 0 Å². The highest BCUT2D eigenvalue weighted by molar-refractivity contribution is 5.40. The van der Waals surface area contributed by atoms with Gasteiger partial charge in [0.2, 0.25) is 0 Å². The molecule has 0 radical (unpaired) electrons. The first-order valence-electron chi connectivity index (χ1n) is 1.79. The molecular weight excluding hydrogens is 92.1 g/mol. The minimum atomic E-state index is 0.667. The summed E-state index contributed by atoms with van der Waals surface area (Å²) in [6, 6.07) is 0. The fourth-order valence-electron chi connectivity index (χ4n) is 0.277. The molecule has 1 heterocycles. The molecule has 7 heavy (non-hydrogen) atoms. The third kappa shape index (κ3) is 0.652. The van der Waals surface area contributed by atoms with Crippen molar-refractivity contribution in [2.45, 2.75) is 0 Å². The van der Waals surface area contributed by atoms with Crippen LogP contribution in [-0.4, -0.2) is 11.9 Å². The predicted octanol–water partition coefficient (Wildman–Crippen LogP) is 1.01. The number of hydrogen-bond donors (Lipinski definition) is 0. The van der Waals surface area contributed by atoms with Crippen molar-refractivity contribution in [3.05, 3.63) is 12.5 Å². The molecule has 0 aliphatic heterocycles. The van der Waals surface area contributed by atoms with E-state index < -0.39 is 0 Å². The molecular formula is C4H4N2O. The van der Waals surface area contributed by atoms with E-state index in [9.17, 15) is 0 Å². The molecule has 0 aliphatic rings. The Hall–Kier alpha value is -1.12. The van der Waals surface area contributed by atoms with E-state index in [0.29, 0.717) is 5.69 Å². The van der Waals surface area contributed by atoms with E-state index >= 15 is 0 Å². The number of nitrogens with zero attached hydrogens (tertiary/aromatic N) is 2. The van der Waals surface area contributed by atoms with Crippen LogP contribution in [0.1, 0.15) is 0 Å². The molecule has 0 saturated heterocycles. The molecule has 1 aromatic heterocycles. The Balaban J connectivity index is 2.96. The Morgan fingerprint density at radius 1 is 1.86 bits per heavy atom. The second kappa shape index (κ2) is 1.55. The fraction of sp³-hybridized carbons (Fsp3) is 0. The molecule has 0 spiro atoms. The lowest BCUT2D eigenvalue weighted by Crippen LogP contribution is -1.45. The standard InChI is InChI=1S/C4H4N2O/c1-5-4-2-6-7-3-4/h2-3H,1H2. The summed E-state index contributed by atoms with van der Waals surface area (Å²) < 4.78 is 4.42. The maximum absolute atomic E-state index is 4.42. The summed E-state index contributed by atoms with van der Waals surface area (Å²) >= 11 is 0. The van der Waals surface area contributed by atoms with Crippen molar-refractivity contribution in [1.29, 1.82) is 0 Å². The normalized spacial score (nSPS) is 8.57. The topological polar surface area (TPSA) is 38.4 Å². The fourth-order valence-corrected chi connectivity index (χ4v) is 0.277. The molecule has 0 fully saturated rings. The minimum absolute atomic E-state index is 0.667. The Labute approximate surface area is 40.7 Å². The van der Waals surface area contributed by atoms with Gasteiger partial charge in [-0.25, -0.2) is 0 Å². The third-order valence-electron chi connectivity index (χ3n) is 0.602. The summed E-state index contributed by atoms with van der Waals surface area (Å²) in [6.07, 6.45) is 2.92. The third-order valence-corrected chi connectivity index (χ3v) is 0.602. The van der Waals surface area contributed by atoms with Crippen molar-refractivity contribution >= 4 is 12.4 Å². The van der Waals surface area contributed by atoms with Gasteiger partial charge < -0.3 is 4.52 Å². The van der Waals surface area contributed by atoms with Gasteiger partial charge in [-0.1, -0.05) is 5.16 Å². The first kappa shape index (κ1) is 4.05. The summed E-state index contributed by atoms with van der Waals surface area (Å²) in [4.78, 5) is 3.52. The molecule has 0 atom stereocenters. The smallest absolute Gasteiger partial charge is 0.149 e. The Morgan fingerprint density at radius 2 is 2.71 bits per heavy atom. The van der Waals surface area contributed by atoms with Gasteiger partial charge in [-0.15, -0.1) is 0 Å². The molecule has 0 aromatic carbocycles. The van der Waals surface area contributed by atoms with E-state index in [-0.39, 0.29) is 0 Å². The van der Waals surface area contributed by atoms with Crippen molar-refractivity contribution < 1.29 is 4.52 Å². The molecule has 0 saturated carbocycles. The van der Waals surface area contributed by atoms with Gasteiger partial charge in [-0.05, 0) is 6.72 Å². The SMILES string of the molecule is C=Nc1cnoc1. The van der Waals surface area contributed by atoms with Crippen molar-refractivity contribution in [1.82, 2.24) is 5.16 Å².